The molecule has 2 aromatic carbocycles. The van der Waals surface area contributed by atoms with E-state index in [1.165, 1.54) is 11.1 Å². The summed E-state index contributed by atoms with van der Waals surface area (Å²) in [7, 11) is 3.48. The molecule has 0 radical (unpaired) electrons. The highest BCUT2D eigenvalue weighted by Gasteiger charge is 1.99. The zero-order valence-corrected chi connectivity index (χ0v) is 19.1. The second kappa shape index (κ2) is 15.2. The Balaban J connectivity index is 0.00000392. The Labute approximate surface area is 186 Å². The molecule has 6 heteroatoms. The highest BCUT2D eigenvalue weighted by Crippen LogP contribution is 2.11. The second-order valence-corrected chi connectivity index (χ2v) is 6.27. The monoisotopic (exact) mass is 497 g/mol. The van der Waals surface area contributed by atoms with Gasteiger partial charge in [0.25, 0.3) is 0 Å². The van der Waals surface area contributed by atoms with Crippen LogP contribution in [0.15, 0.2) is 59.6 Å². The molecular weight excluding hydrogens is 465 g/mol. The van der Waals surface area contributed by atoms with Gasteiger partial charge in [0.05, 0.1) is 13.7 Å². The smallest absolute Gasteiger partial charge is 0.190 e. The van der Waals surface area contributed by atoms with Gasteiger partial charge < -0.3 is 20.1 Å². The van der Waals surface area contributed by atoms with Crippen molar-refractivity contribution in [3.63, 3.8) is 0 Å². The maximum absolute atomic E-state index is 5.70. The van der Waals surface area contributed by atoms with Crippen LogP contribution in [0.4, 0.5) is 0 Å². The number of ether oxygens (including phenoxy) is 2. The maximum atomic E-state index is 5.70. The third kappa shape index (κ3) is 9.94. The van der Waals surface area contributed by atoms with Crippen molar-refractivity contribution in [1.82, 2.24) is 10.6 Å². The molecule has 0 heterocycles. The molecule has 2 aromatic rings. The number of rotatable bonds is 11. The molecule has 0 unspecified atom stereocenters. The molecule has 0 amide bonds. The lowest BCUT2D eigenvalue weighted by Crippen LogP contribution is -2.38. The maximum Gasteiger partial charge on any atom is 0.190 e. The summed E-state index contributed by atoms with van der Waals surface area (Å²) in [5.74, 6) is 1.73. The van der Waals surface area contributed by atoms with E-state index < -0.39 is 0 Å². The molecule has 0 spiro atoms. The lowest BCUT2D eigenvalue weighted by atomic mass is 10.1. The van der Waals surface area contributed by atoms with Crippen molar-refractivity contribution < 1.29 is 9.47 Å². The number of methoxy groups -OCH3 is 1. The number of guanidine groups is 1. The number of aliphatic imine (C=N–C) groups is 1. The summed E-state index contributed by atoms with van der Waals surface area (Å²) >= 11 is 0. The van der Waals surface area contributed by atoms with Crippen LogP contribution in [0.25, 0.3) is 0 Å². The van der Waals surface area contributed by atoms with Gasteiger partial charge in [-0.3, -0.25) is 4.99 Å². The van der Waals surface area contributed by atoms with E-state index >= 15 is 0 Å². The molecule has 0 bridgehead atoms. The number of benzene rings is 2. The van der Waals surface area contributed by atoms with Gasteiger partial charge in [0.1, 0.15) is 5.75 Å². The van der Waals surface area contributed by atoms with E-state index in [2.05, 4.69) is 39.9 Å². The van der Waals surface area contributed by atoms with Crippen molar-refractivity contribution in [2.45, 2.75) is 25.9 Å². The Morgan fingerprint density at radius 3 is 2.29 bits per heavy atom. The van der Waals surface area contributed by atoms with Crippen LogP contribution in [-0.4, -0.2) is 39.8 Å². The summed E-state index contributed by atoms with van der Waals surface area (Å²) < 4.78 is 10.9. The van der Waals surface area contributed by atoms with Crippen molar-refractivity contribution in [1.29, 1.82) is 0 Å². The summed E-state index contributed by atoms with van der Waals surface area (Å²) in [5, 5.41) is 6.69. The molecular formula is C22H32IN3O2. The van der Waals surface area contributed by atoms with Gasteiger partial charge in [-0.25, -0.2) is 0 Å². The number of nitrogens with one attached hydrogen (secondary N) is 2. The summed E-state index contributed by atoms with van der Waals surface area (Å²) in [6.07, 6.45) is 3.02. The predicted octanol–water partition coefficient (Wildman–Crippen LogP) is 4.02. The second-order valence-electron chi connectivity index (χ2n) is 6.27. The Kier molecular flexibility index (Phi) is 13.1. The summed E-state index contributed by atoms with van der Waals surface area (Å²) in [6.45, 7) is 3.19. The first kappa shape index (κ1) is 24.2. The average Bonchev–Trinajstić information content (AvgIpc) is 2.73. The van der Waals surface area contributed by atoms with E-state index in [1.807, 2.05) is 30.3 Å². The molecule has 154 valence electrons. The highest BCUT2D eigenvalue weighted by molar-refractivity contribution is 14.0. The largest absolute Gasteiger partial charge is 0.497 e. The molecule has 0 atom stereocenters. The molecule has 0 saturated heterocycles. The lowest BCUT2D eigenvalue weighted by molar-refractivity contribution is 0.117. The first-order valence-electron chi connectivity index (χ1n) is 9.51. The third-order valence-electron chi connectivity index (χ3n) is 4.21. The van der Waals surface area contributed by atoms with Crippen LogP contribution in [-0.2, 0) is 17.8 Å². The molecule has 0 saturated carbocycles. The van der Waals surface area contributed by atoms with Crippen molar-refractivity contribution >= 4 is 29.9 Å². The van der Waals surface area contributed by atoms with Crippen molar-refractivity contribution in [3.05, 3.63) is 65.7 Å². The fourth-order valence-corrected chi connectivity index (χ4v) is 2.64. The normalized spacial score (nSPS) is 10.9. The van der Waals surface area contributed by atoms with Crippen LogP contribution >= 0.6 is 24.0 Å². The van der Waals surface area contributed by atoms with Gasteiger partial charge in [-0.2, -0.15) is 0 Å². The topological polar surface area (TPSA) is 54.9 Å². The summed E-state index contributed by atoms with van der Waals surface area (Å²) in [5.41, 5.74) is 2.49. The molecule has 0 fully saturated rings. The Morgan fingerprint density at radius 2 is 1.61 bits per heavy atom. The third-order valence-corrected chi connectivity index (χ3v) is 4.21. The lowest BCUT2D eigenvalue weighted by Gasteiger charge is -2.12. The van der Waals surface area contributed by atoms with E-state index in [0.29, 0.717) is 6.61 Å². The fourth-order valence-electron chi connectivity index (χ4n) is 2.64. The van der Waals surface area contributed by atoms with Crippen LogP contribution in [0, 0.1) is 0 Å². The minimum Gasteiger partial charge on any atom is -0.497 e. The number of unbranched alkanes of at least 4 members (excludes halogenated alkanes) is 1. The average molecular weight is 497 g/mol. The van der Waals surface area contributed by atoms with Crippen LogP contribution < -0.4 is 15.4 Å². The first-order chi connectivity index (χ1) is 13.3. The number of halogens is 1. The minimum absolute atomic E-state index is 0. The van der Waals surface area contributed by atoms with Crippen molar-refractivity contribution in [2.75, 3.05) is 33.9 Å². The van der Waals surface area contributed by atoms with Crippen LogP contribution in [0.2, 0.25) is 0 Å². The number of hydrogen-bond donors (Lipinski definition) is 2. The zero-order chi connectivity index (χ0) is 19.2. The van der Waals surface area contributed by atoms with Gasteiger partial charge in [0, 0.05) is 26.7 Å². The Bertz CT molecular complexity index is 663. The van der Waals surface area contributed by atoms with Crippen LogP contribution in [0.1, 0.15) is 24.0 Å². The quantitative estimate of drug-likeness (QED) is 0.213. The van der Waals surface area contributed by atoms with Gasteiger partial charge in [0.2, 0.25) is 0 Å². The number of nitrogens with zero attached hydrogens (tertiary/aromatic N) is 1. The predicted molar refractivity (Wildman–Crippen MR) is 127 cm³/mol. The molecule has 5 nitrogen and oxygen atoms in total. The SMILES string of the molecule is CN=C(NCCCCOCc1ccccc1)NCCc1ccc(OC)cc1.I. The van der Waals surface area contributed by atoms with Gasteiger partial charge >= 0.3 is 0 Å². The molecule has 0 aliphatic heterocycles. The zero-order valence-electron chi connectivity index (χ0n) is 16.8. The molecule has 0 aliphatic rings. The Morgan fingerprint density at radius 1 is 0.893 bits per heavy atom. The van der Waals surface area contributed by atoms with Gasteiger partial charge in [-0.15, -0.1) is 24.0 Å². The highest BCUT2D eigenvalue weighted by atomic mass is 127. The van der Waals surface area contributed by atoms with Crippen LogP contribution in [0.5, 0.6) is 5.75 Å². The van der Waals surface area contributed by atoms with Crippen LogP contribution in [0.3, 0.4) is 0 Å². The standard InChI is InChI=1S/C22H31N3O2.HI/c1-23-22(25-16-14-19-10-12-21(26-2)13-11-19)24-15-6-7-17-27-18-20-8-4-3-5-9-20;/h3-5,8-13H,6-7,14-18H2,1-2H3,(H2,23,24,25);1H. The molecule has 2 rings (SSSR count). The van der Waals surface area contributed by atoms with Gasteiger partial charge in [-0.05, 0) is 42.5 Å². The van der Waals surface area contributed by atoms with Gasteiger partial charge in [-0.1, -0.05) is 42.5 Å². The summed E-state index contributed by atoms with van der Waals surface area (Å²) in [4.78, 5) is 4.26. The van der Waals surface area contributed by atoms with E-state index in [9.17, 15) is 0 Å². The fraction of sp³-hybridized carbons (Fsp3) is 0.409. The molecule has 2 N–H and O–H groups in total. The van der Waals surface area contributed by atoms with E-state index in [0.717, 1.165) is 50.7 Å². The first-order valence-corrected chi connectivity index (χ1v) is 9.51. The van der Waals surface area contributed by atoms with E-state index in [-0.39, 0.29) is 24.0 Å². The number of hydrogen-bond acceptors (Lipinski definition) is 3. The Hall–Kier alpha value is -1.80. The molecule has 0 aromatic heterocycles. The van der Waals surface area contributed by atoms with Crippen molar-refractivity contribution in [3.8, 4) is 5.75 Å². The van der Waals surface area contributed by atoms with E-state index in [4.69, 9.17) is 9.47 Å². The summed E-state index contributed by atoms with van der Waals surface area (Å²) in [6, 6.07) is 18.4. The molecule has 0 aliphatic carbocycles. The van der Waals surface area contributed by atoms with Gasteiger partial charge in [0.15, 0.2) is 5.96 Å². The minimum atomic E-state index is 0. The molecule has 28 heavy (non-hydrogen) atoms. The van der Waals surface area contributed by atoms with E-state index in [1.54, 1.807) is 14.2 Å². The van der Waals surface area contributed by atoms with Crippen molar-refractivity contribution in [2.24, 2.45) is 4.99 Å².